The summed E-state index contributed by atoms with van der Waals surface area (Å²) >= 11 is 0. The van der Waals surface area contributed by atoms with Crippen molar-refractivity contribution in [2.45, 2.75) is 45.6 Å². The molecule has 0 bridgehead atoms. The molecule has 0 spiro atoms. The summed E-state index contributed by atoms with van der Waals surface area (Å²) in [6.45, 7) is 5.84. The summed E-state index contributed by atoms with van der Waals surface area (Å²) in [6, 6.07) is 8.18. The molecule has 0 heterocycles. The van der Waals surface area contributed by atoms with Gasteiger partial charge in [0.05, 0.1) is 0 Å². The molecule has 1 aromatic rings. The Labute approximate surface area is 117 Å². The maximum atomic E-state index is 8.76. The summed E-state index contributed by atoms with van der Waals surface area (Å²) < 4.78 is 0. The van der Waals surface area contributed by atoms with Gasteiger partial charge >= 0.3 is 0 Å². The van der Waals surface area contributed by atoms with Crippen molar-refractivity contribution in [3.63, 3.8) is 0 Å². The zero-order valence-electron chi connectivity index (χ0n) is 12.1. The first-order valence-electron chi connectivity index (χ1n) is 7.44. The highest BCUT2D eigenvalue weighted by molar-refractivity contribution is 5.39. The van der Waals surface area contributed by atoms with Crippen LogP contribution in [0.5, 0.6) is 0 Å². The van der Waals surface area contributed by atoms with Gasteiger partial charge in [-0.2, -0.15) is 0 Å². The van der Waals surface area contributed by atoms with Crippen molar-refractivity contribution < 1.29 is 5.11 Å². The van der Waals surface area contributed by atoms with Crippen LogP contribution in [0, 0.1) is 0 Å². The number of aliphatic hydroxyl groups is 1. The van der Waals surface area contributed by atoms with Crippen molar-refractivity contribution >= 4 is 5.69 Å². The molecule has 1 aromatic carbocycles. The molecule has 0 amide bonds. The van der Waals surface area contributed by atoms with E-state index in [2.05, 4.69) is 24.0 Å². The van der Waals surface area contributed by atoms with E-state index in [-0.39, 0.29) is 0 Å². The van der Waals surface area contributed by atoms with Gasteiger partial charge in [0.15, 0.2) is 0 Å². The van der Waals surface area contributed by atoms with Crippen LogP contribution in [0.2, 0.25) is 0 Å². The zero-order chi connectivity index (χ0) is 13.9. The monoisotopic (exact) mass is 264 g/mol. The Balaban J connectivity index is 2.33. The largest absolute Gasteiger partial charge is 0.399 e. The molecule has 0 radical (unpaired) electrons. The molecule has 1 rings (SSSR count). The highest BCUT2D eigenvalue weighted by Crippen LogP contribution is 2.10. The topological polar surface area (TPSA) is 49.5 Å². The number of hydrogen-bond donors (Lipinski definition) is 2. The van der Waals surface area contributed by atoms with Gasteiger partial charge in [-0.25, -0.2) is 0 Å². The lowest BCUT2D eigenvalue weighted by molar-refractivity contribution is 0.253. The third kappa shape index (κ3) is 7.19. The zero-order valence-corrected chi connectivity index (χ0v) is 12.1. The van der Waals surface area contributed by atoms with Crippen molar-refractivity contribution in [1.82, 2.24) is 4.90 Å². The van der Waals surface area contributed by atoms with E-state index in [4.69, 9.17) is 10.8 Å². The second-order valence-electron chi connectivity index (χ2n) is 5.16. The smallest absolute Gasteiger partial charge is 0.0431 e. The predicted molar refractivity (Wildman–Crippen MR) is 82.0 cm³/mol. The molecule has 0 unspecified atom stereocenters. The van der Waals surface area contributed by atoms with Gasteiger partial charge in [0.1, 0.15) is 0 Å². The van der Waals surface area contributed by atoms with Crippen molar-refractivity contribution in [3.05, 3.63) is 29.8 Å². The van der Waals surface area contributed by atoms with Crippen molar-refractivity contribution in [3.8, 4) is 0 Å². The van der Waals surface area contributed by atoms with Crippen LogP contribution in [0.1, 0.15) is 44.6 Å². The molecule has 0 aliphatic carbocycles. The van der Waals surface area contributed by atoms with Gasteiger partial charge in [-0.3, -0.25) is 4.90 Å². The van der Waals surface area contributed by atoms with E-state index in [1.54, 1.807) is 0 Å². The number of anilines is 1. The van der Waals surface area contributed by atoms with Crippen LogP contribution in [0.4, 0.5) is 5.69 Å². The number of hydrogen-bond acceptors (Lipinski definition) is 3. The Morgan fingerprint density at radius 2 is 1.68 bits per heavy atom. The lowest BCUT2D eigenvalue weighted by Crippen LogP contribution is -2.25. The molecule has 0 aliphatic rings. The average Bonchev–Trinajstić information content (AvgIpc) is 2.41. The van der Waals surface area contributed by atoms with E-state index < -0.39 is 0 Å². The molecule has 3 heteroatoms. The number of rotatable bonds is 10. The molecule has 0 saturated carbocycles. The third-order valence-electron chi connectivity index (χ3n) is 3.31. The summed E-state index contributed by atoms with van der Waals surface area (Å²) in [6.07, 6.45) is 5.69. The lowest BCUT2D eigenvalue weighted by atomic mass is 10.1. The average molecular weight is 264 g/mol. The standard InChI is InChI=1S/C16H28N2O/c1-2-11-18(12-5-3-4-6-13-19)14-15-7-9-16(17)10-8-15/h7-10,19H,2-6,11-14,17H2,1H3. The number of benzene rings is 1. The molecule has 0 atom stereocenters. The fraction of sp³-hybridized carbons (Fsp3) is 0.625. The SMILES string of the molecule is CCCN(CCCCCCO)Cc1ccc(N)cc1. The van der Waals surface area contributed by atoms with Crippen molar-refractivity contribution in [2.75, 3.05) is 25.4 Å². The minimum Gasteiger partial charge on any atom is -0.399 e. The Bertz CT molecular complexity index is 324. The van der Waals surface area contributed by atoms with Crippen LogP contribution in [0.15, 0.2) is 24.3 Å². The predicted octanol–water partition coefficient (Wildman–Crippen LogP) is 3.03. The molecule has 3 nitrogen and oxygen atoms in total. The van der Waals surface area contributed by atoms with Gasteiger partial charge in [0, 0.05) is 18.8 Å². The fourth-order valence-electron chi connectivity index (χ4n) is 2.27. The Kier molecular flexibility index (Phi) is 8.26. The van der Waals surface area contributed by atoms with E-state index in [1.165, 1.54) is 24.8 Å². The van der Waals surface area contributed by atoms with Crippen LogP contribution >= 0.6 is 0 Å². The van der Waals surface area contributed by atoms with Gasteiger partial charge in [0.2, 0.25) is 0 Å². The number of nitrogens with zero attached hydrogens (tertiary/aromatic N) is 1. The first-order chi connectivity index (χ1) is 9.26. The fourth-order valence-corrected chi connectivity index (χ4v) is 2.27. The summed E-state index contributed by atoms with van der Waals surface area (Å²) in [7, 11) is 0. The van der Waals surface area contributed by atoms with Gasteiger partial charge in [0.25, 0.3) is 0 Å². The van der Waals surface area contributed by atoms with Crippen LogP contribution < -0.4 is 5.73 Å². The van der Waals surface area contributed by atoms with Crippen molar-refractivity contribution in [2.24, 2.45) is 0 Å². The number of unbranched alkanes of at least 4 members (excludes halogenated alkanes) is 3. The summed E-state index contributed by atoms with van der Waals surface area (Å²) in [5.41, 5.74) is 7.87. The van der Waals surface area contributed by atoms with Gasteiger partial charge in [-0.05, 0) is 50.0 Å². The second-order valence-corrected chi connectivity index (χ2v) is 5.16. The van der Waals surface area contributed by atoms with Crippen LogP contribution in [-0.2, 0) is 6.54 Å². The molecule has 19 heavy (non-hydrogen) atoms. The van der Waals surface area contributed by atoms with E-state index in [0.29, 0.717) is 6.61 Å². The molecule has 0 aliphatic heterocycles. The van der Waals surface area contributed by atoms with Gasteiger partial charge in [-0.15, -0.1) is 0 Å². The Morgan fingerprint density at radius 1 is 1.00 bits per heavy atom. The first kappa shape index (κ1) is 16.0. The van der Waals surface area contributed by atoms with Gasteiger partial charge in [-0.1, -0.05) is 31.9 Å². The highest BCUT2D eigenvalue weighted by atomic mass is 16.2. The van der Waals surface area contributed by atoms with Crippen molar-refractivity contribution in [1.29, 1.82) is 0 Å². The third-order valence-corrected chi connectivity index (χ3v) is 3.31. The van der Waals surface area contributed by atoms with E-state index in [1.807, 2.05) is 12.1 Å². The second kappa shape index (κ2) is 9.82. The maximum Gasteiger partial charge on any atom is 0.0431 e. The van der Waals surface area contributed by atoms with Crippen LogP contribution in [-0.4, -0.2) is 29.7 Å². The number of aliphatic hydroxyl groups excluding tert-OH is 1. The minimum absolute atomic E-state index is 0.324. The molecular formula is C16H28N2O. The lowest BCUT2D eigenvalue weighted by Gasteiger charge is -2.21. The minimum atomic E-state index is 0.324. The van der Waals surface area contributed by atoms with Gasteiger partial charge < -0.3 is 10.8 Å². The Morgan fingerprint density at radius 3 is 2.32 bits per heavy atom. The summed E-state index contributed by atoms with van der Waals surface area (Å²) in [5, 5.41) is 8.76. The molecule has 108 valence electrons. The molecule has 0 saturated heterocycles. The molecule has 0 aromatic heterocycles. The molecule has 3 N–H and O–H groups in total. The normalized spacial score (nSPS) is 11.1. The summed E-state index contributed by atoms with van der Waals surface area (Å²) in [5.74, 6) is 0. The highest BCUT2D eigenvalue weighted by Gasteiger charge is 2.04. The van der Waals surface area contributed by atoms with Crippen LogP contribution in [0.25, 0.3) is 0 Å². The van der Waals surface area contributed by atoms with E-state index >= 15 is 0 Å². The molecular weight excluding hydrogens is 236 g/mol. The quantitative estimate of drug-likeness (QED) is 0.504. The van der Waals surface area contributed by atoms with Crippen LogP contribution in [0.3, 0.4) is 0 Å². The summed E-state index contributed by atoms with van der Waals surface area (Å²) in [4.78, 5) is 2.50. The van der Waals surface area contributed by atoms with E-state index in [9.17, 15) is 0 Å². The maximum absolute atomic E-state index is 8.76. The Hall–Kier alpha value is -1.06. The number of nitrogen functional groups attached to an aromatic ring is 1. The van der Waals surface area contributed by atoms with E-state index in [0.717, 1.165) is 38.2 Å². The first-order valence-corrected chi connectivity index (χ1v) is 7.44. The number of nitrogens with two attached hydrogens (primary N) is 1. The molecule has 0 fully saturated rings.